The molecular weight excluding hydrogens is 559 g/mol. The van der Waals surface area contributed by atoms with Crippen molar-refractivity contribution in [3.63, 3.8) is 0 Å². The number of alkyl halides is 5. The van der Waals surface area contributed by atoms with Crippen molar-refractivity contribution >= 4 is 0 Å². The van der Waals surface area contributed by atoms with E-state index < -0.39 is 52.8 Å². The molecule has 3 saturated carbocycles. The van der Waals surface area contributed by atoms with E-state index >= 15 is 8.78 Å². The van der Waals surface area contributed by atoms with Crippen LogP contribution >= 0.6 is 0 Å². The first-order valence-corrected chi connectivity index (χ1v) is 14.7. The van der Waals surface area contributed by atoms with Crippen LogP contribution in [0.25, 0.3) is 5.69 Å². The van der Waals surface area contributed by atoms with Crippen LogP contribution in [0, 0.1) is 17.3 Å². The minimum Gasteiger partial charge on any atom is -0.385 e. The van der Waals surface area contributed by atoms with Gasteiger partial charge in [0.1, 0.15) is 5.60 Å². The lowest BCUT2D eigenvalue weighted by atomic mass is 9.49. The predicted molar refractivity (Wildman–Crippen MR) is 141 cm³/mol. The summed E-state index contributed by atoms with van der Waals surface area (Å²) >= 11 is 0. The van der Waals surface area contributed by atoms with Gasteiger partial charge < -0.3 is 24.3 Å². The molecule has 0 radical (unpaired) electrons. The number of rotatable bonds is 3. The minimum atomic E-state index is -5.88. The van der Waals surface area contributed by atoms with Crippen LogP contribution in [-0.4, -0.2) is 62.1 Å². The van der Waals surface area contributed by atoms with Gasteiger partial charge in [-0.25, -0.2) is 4.98 Å². The molecule has 4 fully saturated rings. The van der Waals surface area contributed by atoms with Crippen LogP contribution in [0.3, 0.4) is 0 Å². The molecule has 7 rings (SSSR count). The average Bonchev–Trinajstić information content (AvgIpc) is 3.68. The van der Waals surface area contributed by atoms with E-state index in [0.29, 0.717) is 38.9 Å². The van der Waals surface area contributed by atoms with Crippen molar-refractivity contribution in [1.82, 2.24) is 9.55 Å². The Hall–Kier alpha value is -2.34. The van der Waals surface area contributed by atoms with Crippen LogP contribution in [0.2, 0.25) is 0 Å². The Labute approximate surface area is 240 Å². The highest BCUT2D eigenvalue weighted by molar-refractivity contribution is 5.46. The smallest absolute Gasteiger partial charge is 0.385 e. The third-order valence-electron chi connectivity index (χ3n) is 11.4. The largest absolute Gasteiger partial charge is 0.456 e. The molecule has 2 aromatic rings. The van der Waals surface area contributed by atoms with Gasteiger partial charge in [-0.3, -0.25) is 0 Å². The molecule has 1 aromatic heterocycles. The van der Waals surface area contributed by atoms with E-state index in [2.05, 4.69) is 4.98 Å². The third-order valence-corrected chi connectivity index (χ3v) is 11.4. The number of nitrogens with zero attached hydrogens (tertiary/aromatic N) is 2. The number of halogens is 5. The maximum atomic E-state index is 15.2. The van der Waals surface area contributed by atoms with E-state index in [9.17, 15) is 23.4 Å². The fourth-order valence-corrected chi connectivity index (χ4v) is 9.36. The molecule has 0 bridgehead atoms. The first kappa shape index (κ1) is 28.4. The lowest BCUT2D eigenvalue weighted by molar-refractivity contribution is -0.362. The Kier molecular flexibility index (Phi) is 6.15. The van der Waals surface area contributed by atoms with E-state index in [4.69, 9.17) is 9.47 Å². The maximum absolute atomic E-state index is 15.2. The quantitative estimate of drug-likeness (QED) is 0.333. The molecule has 6 nitrogen and oxygen atoms in total. The van der Waals surface area contributed by atoms with Crippen LogP contribution in [0.1, 0.15) is 69.8 Å². The number of fused-ring (bicyclic) bond motifs is 4. The number of aliphatic hydroxyl groups is 2. The third kappa shape index (κ3) is 3.78. The van der Waals surface area contributed by atoms with E-state index in [0.717, 1.165) is 22.4 Å². The normalized spacial score (nSPS) is 38.0. The SMILES string of the molecule is C[C@]12C[C@H](c3ccc(-n4ccnc4)cc3)C3=C4CCC5(C[C@]4(O)CC[C@H]3[C@@H]1CC[C@@]2(O)C(F)(F)C(F)(F)F)OCCO5. The van der Waals surface area contributed by atoms with Crippen molar-refractivity contribution in [2.45, 2.75) is 93.3 Å². The highest BCUT2D eigenvalue weighted by Crippen LogP contribution is 2.71. The number of hydrogen-bond acceptors (Lipinski definition) is 5. The van der Waals surface area contributed by atoms with Gasteiger partial charge >= 0.3 is 12.1 Å². The molecule has 2 heterocycles. The number of imidazole rings is 1. The van der Waals surface area contributed by atoms with Gasteiger partial charge in [-0.15, -0.1) is 0 Å². The number of allylic oxidation sites excluding steroid dienone is 1. The zero-order valence-electron chi connectivity index (χ0n) is 23.3. The molecule has 0 amide bonds. The second-order valence-corrected chi connectivity index (χ2v) is 13.2. The summed E-state index contributed by atoms with van der Waals surface area (Å²) in [5.74, 6) is -7.61. The molecule has 6 atom stereocenters. The maximum Gasteiger partial charge on any atom is 0.456 e. The number of hydrogen-bond donors (Lipinski definition) is 2. The minimum absolute atomic E-state index is 0.0565. The van der Waals surface area contributed by atoms with Gasteiger partial charge in [0.2, 0.25) is 0 Å². The topological polar surface area (TPSA) is 76.7 Å². The molecule has 0 unspecified atom stereocenters. The van der Waals surface area contributed by atoms with Gasteiger partial charge in [0, 0.05) is 42.3 Å². The Bertz CT molecular complexity index is 1390. The van der Waals surface area contributed by atoms with Crippen LogP contribution in [-0.2, 0) is 9.47 Å². The van der Waals surface area contributed by atoms with E-state index in [1.54, 1.807) is 18.7 Å². The lowest BCUT2D eigenvalue weighted by Crippen LogP contribution is -2.65. The highest BCUT2D eigenvalue weighted by atomic mass is 19.4. The van der Waals surface area contributed by atoms with Crippen LogP contribution in [0.5, 0.6) is 0 Å². The molecule has 1 aromatic carbocycles. The second-order valence-electron chi connectivity index (χ2n) is 13.2. The van der Waals surface area contributed by atoms with E-state index in [1.807, 2.05) is 28.8 Å². The molecule has 4 aliphatic carbocycles. The Morgan fingerprint density at radius 2 is 1.69 bits per heavy atom. The van der Waals surface area contributed by atoms with E-state index in [1.165, 1.54) is 6.92 Å². The monoisotopic (exact) mass is 594 g/mol. The van der Waals surface area contributed by atoms with Crippen molar-refractivity contribution in [2.24, 2.45) is 17.3 Å². The molecule has 42 heavy (non-hydrogen) atoms. The lowest BCUT2D eigenvalue weighted by Gasteiger charge is -2.58. The molecule has 11 heteroatoms. The molecule has 1 spiro atoms. The van der Waals surface area contributed by atoms with Gasteiger partial charge in [-0.05, 0) is 73.6 Å². The van der Waals surface area contributed by atoms with Crippen molar-refractivity contribution in [3.8, 4) is 5.69 Å². The van der Waals surface area contributed by atoms with Gasteiger partial charge in [0.25, 0.3) is 0 Å². The zero-order chi connectivity index (χ0) is 29.8. The van der Waals surface area contributed by atoms with Gasteiger partial charge in [-0.2, -0.15) is 22.0 Å². The molecular formula is C31H35F5N2O4. The standard InChI is InChI=1S/C31H35F5N2O4/c1-26-16-22(19-2-4-20(5-3-19)38-13-12-37-18-38)25-21(23(26)8-11-29(26,40)30(32,33)31(34,35)36)6-9-27(39)17-28(10-7-24(25)27)41-14-15-42-28/h2-5,12-13,18,21-23,39-40H,6-11,14-17H2,1H3/t21-,22+,23-,26-,27+,29-/m0/s1. The fourth-order valence-electron chi connectivity index (χ4n) is 9.36. The first-order chi connectivity index (χ1) is 19.7. The Balaban J connectivity index is 1.36. The van der Waals surface area contributed by atoms with Crippen molar-refractivity contribution in [3.05, 3.63) is 59.7 Å². The molecule has 1 saturated heterocycles. The molecule has 2 N–H and O–H groups in total. The van der Waals surface area contributed by atoms with Crippen molar-refractivity contribution in [2.75, 3.05) is 13.2 Å². The molecule has 228 valence electrons. The van der Waals surface area contributed by atoms with Gasteiger partial charge in [0.15, 0.2) is 5.79 Å². The van der Waals surface area contributed by atoms with Crippen LogP contribution < -0.4 is 0 Å². The van der Waals surface area contributed by atoms with Gasteiger partial charge in [-0.1, -0.05) is 24.6 Å². The summed E-state index contributed by atoms with van der Waals surface area (Å²) in [5, 5.41) is 23.6. The Morgan fingerprint density at radius 3 is 2.33 bits per heavy atom. The average molecular weight is 595 g/mol. The van der Waals surface area contributed by atoms with Crippen molar-refractivity contribution < 1.29 is 41.6 Å². The van der Waals surface area contributed by atoms with Crippen LogP contribution in [0.15, 0.2) is 54.1 Å². The predicted octanol–water partition coefficient (Wildman–Crippen LogP) is 6.07. The second kappa shape index (κ2) is 9.09. The first-order valence-electron chi connectivity index (χ1n) is 14.7. The van der Waals surface area contributed by atoms with E-state index in [-0.39, 0.29) is 25.2 Å². The number of benzene rings is 1. The van der Waals surface area contributed by atoms with Crippen LogP contribution in [0.4, 0.5) is 22.0 Å². The summed E-state index contributed by atoms with van der Waals surface area (Å²) in [6.07, 6.45) is 0.547. The summed E-state index contributed by atoms with van der Waals surface area (Å²) in [5.41, 5.74) is -2.82. The number of ether oxygens (including phenoxy) is 2. The fraction of sp³-hybridized carbons (Fsp3) is 0.645. The van der Waals surface area contributed by atoms with Gasteiger partial charge in [0.05, 0.1) is 25.1 Å². The number of aromatic nitrogens is 2. The zero-order valence-corrected chi connectivity index (χ0v) is 23.3. The highest BCUT2D eigenvalue weighted by Gasteiger charge is 2.79. The summed E-state index contributed by atoms with van der Waals surface area (Å²) in [6, 6.07) is 7.46. The summed E-state index contributed by atoms with van der Waals surface area (Å²) in [7, 11) is 0. The Morgan fingerprint density at radius 1 is 0.976 bits per heavy atom. The molecule has 5 aliphatic rings. The molecule has 1 aliphatic heterocycles. The summed E-state index contributed by atoms with van der Waals surface area (Å²) in [4.78, 5) is 4.07. The van der Waals surface area contributed by atoms with Crippen molar-refractivity contribution in [1.29, 1.82) is 0 Å². The summed E-state index contributed by atoms with van der Waals surface area (Å²) in [6.45, 7) is 2.32. The summed E-state index contributed by atoms with van der Waals surface area (Å²) < 4.78 is 85.6.